The summed E-state index contributed by atoms with van der Waals surface area (Å²) >= 11 is 0. The van der Waals surface area contributed by atoms with E-state index < -0.39 is 0 Å². The van der Waals surface area contributed by atoms with E-state index in [1.165, 1.54) is 36.0 Å². The van der Waals surface area contributed by atoms with Gasteiger partial charge in [0.15, 0.2) is 0 Å². The lowest BCUT2D eigenvalue weighted by Gasteiger charge is -2.32. The van der Waals surface area contributed by atoms with Gasteiger partial charge in [0.1, 0.15) is 18.1 Å². The van der Waals surface area contributed by atoms with Gasteiger partial charge in [-0.3, -0.25) is 9.69 Å². The molecule has 4 rings (SSSR count). The fraction of sp³-hybridized carbons (Fsp3) is 0.565. The number of hydrogen-bond acceptors (Lipinski definition) is 4. The molecule has 1 amide bonds. The Bertz CT molecular complexity index is 853. The van der Waals surface area contributed by atoms with Crippen molar-refractivity contribution in [2.75, 3.05) is 26.7 Å². The molecular weight excluding hydrogens is 364 g/mol. The maximum Gasteiger partial charge on any atom is 0.239 e. The molecule has 2 aromatic rings. The van der Waals surface area contributed by atoms with Crippen LogP contribution in [0.1, 0.15) is 41.8 Å². The van der Waals surface area contributed by atoms with Gasteiger partial charge in [0.2, 0.25) is 5.91 Å². The van der Waals surface area contributed by atoms with Crippen molar-refractivity contribution in [2.45, 2.75) is 52.1 Å². The summed E-state index contributed by atoms with van der Waals surface area (Å²) < 4.78 is 7.55. The van der Waals surface area contributed by atoms with Crippen LogP contribution in [0.15, 0.2) is 24.5 Å². The summed E-state index contributed by atoms with van der Waals surface area (Å²) in [6.07, 6.45) is 9.47. The van der Waals surface area contributed by atoms with Crippen LogP contribution >= 0.6 is 0 Å². The van der Waals surface area contributed by atoms with Gasteiger partial charge < -0.3 is 14.6 Å². The normalized spacial score (nSPS) is 17.3. The molecule has 0 spiro atoms. The molecule has 0 saturated carbocycles. The zero-order chi connectivity index (χ0) is 20.2. The molecule has 1 aliphatic carbocycles. The molecule has 1 aromatic carbocycles. The molecule has 6 heteroatoms. The Labute approximate surface area is 173 Å². The predicted octanol–water partition coefficient (Wildman–Crippen LogP) is 2.72. The smallest absolute Gasteiger partial charge is 0.239 e. The van der Waals surface area contributed by atoms with E-state index in [0.717, 1.165) is 50.6 Å². The molecule has 1 aliphatic heterocycles. The number of imidazole rings is 1. The maximum absolute atomic E-state index is 12.2. The summed E-state index contributed by atoms with van der Waals surface area (Å²) in [6.45, 7) is 6.13. The predicted molar refractivity (Wildman–Crippen MR) is 113 cm³/mol. The quantitative estimate of drug-likeness (QED) is 0.782. The van der Waals surface area contributed by atoms with Crippen molar-refractivity contribution in [3.05, 3.63) is 47.0 Å². The number of piperidine rings is 1. The Balaban J connectivity index is 1.24. The van der Waals surface area contributed by atoms with Crippen LogP contribution in [0.2, 0.25) is 0 Å². The van der Waals surface area contributed by atoms with E-state index in [1.807, 2.05) is 17.7 Å². The Kier molecular flexibility index (Phi) is 6.19. The fourth-order valence-corrected chi connectivity index (χ4v) is 4.60. The van der Waals surface area contributed by atoms with Crippen molar-refractivity contribution >= 4 is 5.91 Å². The number of methoxy groups -OCH3 is 1. The van der Waals surface area contributed by atoms with Gasteiger partial charge in [-0.2, -0.15) is 0 Å². The number of likely N-dealkylation sites (tertiary alicyclic amines) is 1. The number of nitrogens with one attached hydrogen (secondary N) is 1. The first-order chi connectivity index (χ1) is 14.1. The highest BCUT2D eigenvalue weighted by Gasteiger charge is 2.22. The second-order valence-electron chi connectivity index (χ2n) is 8.41. The van der Waals surface area contributed by atoms with Crippen LogP contribution in [0.25, 0.3) is 0 Å². The summed E-state index contributed by atoms with van der Waals surface area (Å²) in [5.74, 6) is 2.53. The van der Waals surface area contributed by atoms with Crippen LogP contribution in [0, 0.1) is 12.8 Å². The molecule has 1 fully saturated rings. The lowest BCUT2D eigenvalue weighted by molar-refractivity contribution is -0.121. The van der Waals surface area contributed by atoms with E-state index in [9.17, 15) is 4.79 Å². The van der Waals surface area contributed by atoms with E-state index in [0.29, 0.717) is 12.5 Å². The Morgan fingerprint density at radius 1 is 1.24 bits per heavy atom. The van der Waals surface area contributed by atoms with Crippen molar-refractivity contribution in [1.29, 1.82) is 0 Å². The van der Waals surface area contributed by atoms with E-state index in [1.54, 1.807) is 13.3 Å². The summed E-state index contributed by atoms with van der Waals surface area (Å²) in [5, 5.41) is 3.10. The highest BCUT2D eigenvalue weighted by atomic mass is 16.5. The third-order valence-corrected chi connectivity index (χ3v) is 6.42. The summed E-state index contributed by atoms with van der Waals surface area (Å²) in [6, 6.07) is 4.62. The van der Waals surface area contributed by atoms with Crippen LogP contribution in [-0.2, 0) is 30.7 Å². The number of fused-ring (bicyclic) bond motifs is 1. The number of ether oxygens (including phenoxy) is 1. The Hall–Kier alpha value is -2.34. The van der Waals surface area contributed by atoms with E-state index in [4.69, 9.17) is 4.74 Å². The molecule has 29 heavy (non-hydrogen) atoms. The zero-order valence-corrected chi connectivity index (χ0v) is 17.6. The minimum atomic E-state index is 0.0661. The van der Waals surface area contributed by atoms with E-state index >= 15 is 0 Å². The highest BCUT2D eigenvalue weighted by Crippen LogP contribution is 2.31. The first-order valence-electron chi connectivity index (χ1n) is 10.8. The van der Waals surface area contributed by atoms with Crippen LogP contribution in [-0.4, -0.2) is 47.1 Å². The molecule has 0 radical (unpaired) electrons. The second-order valence-corrected chi connectivity index (χ2v) is 8.41. The minimum Gasteiger partial charge on any atom is -0.496 e. The third kappa shape index (κ3) is 4.81. The molecule has 2 heterocycles. The third-order valence-electron chi connectivity index (χ3n) is 6.42. The SMILES string of the molecule is COc1cc2c(cc1CN1CCC(CNC(=O)Cn3ccnc3C)CC1)CCC2. The molecule has 6 nitrogen and oxygen atoms in total. The molecule has 1 aromatic heterocycles. The summed E-state index contributed by atoms with van der Waals surface area (Å²) in [5.41, 5.74) is 4.29. The van der Waals surface area contributed by atoms with Gasteiger partial charge in [-0.1, -0.05) is 6.07 Å². The van der Waals surface area contributed by atoms with Gasteiger partial charge in [0.05, 0.1) is 7.11 Å². The zero-order valence-electron chi connectivity index (χ0n) is 17.6. The average Bonchev–Trinajstić information content (AvgIpc) is 3.35. The lowest BCUT2D eigenvalue weighted by atomic mass is 9.96. The number of aromatic nitrogens is 2. The topological polar surface area (TPSA) is 59.4 Å². The average molecular weight is 397 g/mol. The number of hydrogen-bond donors (Lipinski definition) is 1. The van der Waals surface area contributed by atoms with Crippen LogP contribution in [0.5, 0.6) is 5.75 Å². The molecule has 0 bridgehead atoms. The maximum atomic E-state index is 12.2. The van der Waals surface area contributed by atoms with Crippen LogP contribution in [0.3, 0.4) is 0 Å². The monoisotopic (exact) mass is 396 g/mol. The lowest BCUT2D eigenvalue weighted by Crippen LogP contribution is -2.39. The van der Waals surface area contributed by atoms with Gasteiger partial charge >= 0.3 is 0 Å². The van der Waals surface area contributed by atoms with Crippen molar-refractivity contribution in [1.82, 2.24) is 19.8 Å². The first kappa shape index (κ1) is 20.0. The van der Waals surface area contributed by atoms with Gasteiger partial charge in [-0.25, -0.2) is 4.98 Å². The molecule has 156 valence electrons. The number of aryl methyl sites for hydroxylation is 3. The summed E-state index contributed by atoms with van der Waals surface area (Å²) in [4.78, 5) is 18.9. The van der Waals surface area contributed by atoms with Crippen LogP contribution < -0.4 is 10.1 Å². The minimum absolute atomic E-state index is 0.0661. The molecule has 0 atom stereocenters. The summed E-state index contributed by atoms with van der Waals surface area (Å²) in [7, 11) is 1.78. The van der Waals surface area contributed by atoms with E-state index in [-0.39, 0.29) is 5.91 Å². The largest absolute Gasteiger partial charge is 0.496 e. The molecule has 0 unspecified atom stereocenters. The van der Waals surface area contributed by atoms with Crippen molar-refractivity contribution in [2.24, 2.45) is 5.92 Å². The number of nitrogens with zero attached hydrogens (tertiary/aromatic N) is 3. The van der Waals surface area contributed by atoms with Gasteiger partial charge in [-0.05, 0) is 75.2 Å². The van der Waals surface area contributed by atoms with Crippen LogP contribution in [0.4, 0.5) is 0 Å². The van der Waals surface area contributed by atoms with Crippen molar-refractivity contribution in [3.8, 4) is 5.75 Å². The van der Waals surface area contributed by atoms with Crippen molar-refractivity contribution in [3.63, 3.8) is 0 Å². The number of carbonyl (C=O) groups is 1. The first-order valence-corrected chi connectivity index (χ1v) is 10.8. The number of amides is 1. The van der Waals surface area contributed by atoms with Gasteiger partial charge in [-0.15, -0.1) is 0 Å². The van der Waals surface area contributed by atoms with Gasteiger partial charge in [0, 0.05) is 31.0 Å². The number of benzene rings is 1. The highest BCUT2D eigenvalue weighted by molar-refractivity contribution is 5.75. The van der Waals surface area contributed by atoms with E-state index in [2.05, 4.69) is 27.3 Å². The molecular formula is C23H32N4O2. The standard InChI is InChI=1S/C23H32N4O2/c1-17-24-8-11-27(17)16-23(28)25-14-18-6-9-26(10-7-18)15-21-12-19-4-3-5-20(19)13-22(21)29-2/h8,11-13,18H,3-7,9-10,14-16H2,1-2H3,(H,25,28). The van der Waals surface area contributed by atoms with Gasteiger partial charge in [0.25, 0.3) is 0 Å². The van der Waals surface area contributed by atoms with Crippen molar-refractivity contribution < 1.29 is 9.53 Å². The molecule has 1 N–H and O–H groups in total. The molecule has 1 saturated heterocycles. The Morgan fingerprint density at radius 2 is 2.00 bits per heavy atom. The second kappa shape index (κ2) is 8.99. The number of rotatable bonds is 7. The molecule has 2 aliphatic rings. The fourth-order valence-electron chi connectivity index (χ4n) is 4.60. The Morgan fingerprint density at radius 3 is 2.69 bits per heavy atom. The number of carbonyl (C=O) groups excluding carboxylic acids is 1.